The molecule has 1 aliphatic carbocycles. The number of esters is 4. The van der Waals surface area contributed by atoms with Gasteiger partial charge >= 0.3 is 30.0 Å². The van der Waals surface area contributed by atoms with Gasteiger partial charge in [0.05, 0.1) is 18.7 Å². The van der Waals surface area contributed by atoms with E-state index >= 15 is 0 Å². The molecule has 3 aromatic carbocycles. The number of amides is 2. The minimum atomic E-state index is -1.59. The van der Waals surface area contributed by atoms with Crippen LogP contribution >= 0.6 is 15.9 Å². The molecule has 2 amide bonds. The Balaban J connectivity index is 1.27. The summed E-state index contributed by atoms with van der Waals surface area (Å²) in [5, 5.41) is 5.79. The molecular formula is C39H41BrN2O13. The summed E-state index contributed by atoms with van der Waals surface area (Å²) >= 11 is 3.40. The number of carbonyl (C=O) groups excluding carboxylic acids is 6. The Kier molecular flexibility index (Phi) is 13.8. The van der Waals surface area contributed by atoms with Crippen molar-refractivity contribution in [3.8, 4) is 16.9 Å². The third-order valence-electron chi connectivity index (χ3n) is 8.89. The predicted molar refractivity (Wildman–Crippen MR) is 198 cm³/mol. The highest BCUT2D eigenvalue weighted by Crippen LogP contribution is 2.44. The van der Waals surface area contributed by atoms with Crippen LogP contribution in [-0.2, 0) is 57.7 Å². The maximum atomic E-state index is 13.2. The Morgan fingerprint density at radius 2 is 1.42 bits per heavy atom. The van der Waals surface area contributed by atoms with Gasteiger partial charge < -0.3 is 43.8 Å². The van der Waals surface area contributed by atoms with Gasteiger partial charge in [-0.15, -0.1) is 0 Å². The first kappa shape index (κ1) is 40.7. The van der Waals surface area contributed by atoms with Crippen molar-refractivity contribution in [1.29, 1.82) is 0 Å². The van der Waals surface area contributed by atoms with Crippen molar-refractivity contribution in [3.05, 3.63) is 83.4 Å². The fourth-order valence-electron chi connectivity index (χ4n) is 6.52. The SMILES string of the molecule is COC(=O)[C@H]1O[C@H](Oc2ccc(CBr)cc2NC(=O)CCNC(=O)OCC2c3ccccc3-c3ccccc32)[C@H](OC(C)=O)C(COC(C)=O)[C@@H]1OC(C)=O. The fourth-order valence-corrected chi connectivity index (χ4v) is 6.87. The zero-order valence-corrected chi connectivity index (χ0v) is 32.1. The van der Waals surface area contributed by atoms with Crippen LogP contribution < -0.4 is 15.4 Å². The van der Waals surface area contributed by atoms with Crippen molar-refractivity contribution >= 4 is 57.5 Å². The highest BCUT2D eigenvalue weighted by molar-refractivity contribution is 9.08. The monoisotopic (exact) mass is 824 g/mol. The summed E-state index contributed by atoms with van der Waals surface area (Å²) in [4.78, 5) is 75.0. The zero-order valence-electron chi connectivity index (χ0n) is 30.5. The molecule has 1 aliphatic heterocycles. The normalized spacial score (nSPS) is 19.8. The van der Waals surface area contributed by atoms with Gasteiger partial charge in [0.2, 0.25) is 12.2 Å². The van der Waals surface area contributed by atoms with E-state index in [0.29, 0.717) is 5.33 Å². The zero-order chi connectivity index (χ0) is 39.6. The van der Waals surface area contributed by atoms with Crippen LogP contribution in [0.25, 0.3) is 11.1 Å². The molecule has 1 fully saturated rings. The van der Waals surface area contributed by atoms with E-state index in [-0.39, 0.29) is 36.9 Å². The molecule has 5 atom stereocenters. The molecule has 1 saturated heterocycles. The lowest BCUT2D eigenvalue weighted by molar-refractivity contribution is -0.271. The van der Waals surface area contributed by atoms with Gasteiger partial charge in [-0.2, -0.15) is 0 Å². The first-order valence-electron chi connectivity index (χ1n) is 17.4. The summed E-state index contributed by atoms with van der Waals surface area (Å²) in [6.07, 6.45) is -6.76. The van der Waals surface area contributed by atoms with E-state index in [1.165, 1.54) is 6.07 Å². The number of alkyl carbamates (subject to hydrolysis) is 1. The number of fused-ring (bicyclic) bond motifs is 3. The van der Waals surface area contributed by atoms with Crippen molar-refractivity contribution in [3.63, 3.8) is 0 Å². The van der Waals surface area contributed by atoms with Gasteiger partial charge in [-0.1, -0.05) is 70.5 Å². The number of hydrogen-bond acceptors (Lipinski definition) is 13. The van der Waals surface area contributed by atoms with E-state index in [9.17, 15) is 28.8 Å². The first-order valence-corrected chi connectivity index (χ1v) is 18.5. The van der Waals surface area contributed by atoms with Gasteiger partial charge in [-0.3, -0.25) is 19.2 Å². The van der Waals surface area contributed by atoms with Crippen LogP contribution in [0.4, 0.5) is 10.5 Å². The maximum Gasteiger partial charge on any atom is 0.407 e. The summed E-state index contributed by atoms with van der Waals surface area (Å²) in [6.45, 7) is 3.00. The Bertz CT molecular complexity index is 1870. The number of benzene rings is 3. The topological polar surface area (TPSA) is 191 Å². The quantitative estimate of drug-likeness (QED) is 0.129. The lowest BCUT2D eigenvalue weighted by Gasteiger charge is -2.43. The molecule has 0 radical (unpaired) electrons. The number of carbonyl (C=O) groups is 6. The Morgan fingerprint density at radius 3 is 2.02 bits per heavy atom. The molecule has 0 aromatic heterocycles. The second kappa shape index (κ2) is 18.7. The number of rotatable bonds is 14. The Hall–Kier alpha value is -5.48. The maximum absolute atomic E-state index is 13.2. The Morgan fingerprint density at radius 1 is 0.782 bits per heavy atom. The minimum Gasteiger partial charge on any atom is -0.467 e. The number of halogens is 1. The van der Waals surface area contributed by atoms with Gasteiger partial charge in [0.15, 0.2) is 12.2 Å². The standard InChI is InChI=1S/C39H41BrN2O13/c1-21(43)50-20-30-34(52-22(2)44)36(37(47)49-4)55-38(35(30)53-23(3)45)54-32-14-13-24(18-40)17-31(32)42-33(46)15-16-41-39(48)51-19-29-27-11-7-5-9-25(27)26-10-6-8-12-28(26)29/h5-14,17,29-30,34-36,38H,15-16,18-20H2,1-4H3,(H,41,48)(H,42,46)/t30?,34-,35+,36-,38-/m0/s1. The molecule has 1 unspecified atom stereocenters. The molecule has 2 aliphatic rings. The van der Waals surface area contributed by atoms with Gasteiger partial charge in [0, 0.05) is 45.0 Å². The summed E-state index contributed by atoms with van der Waals surface area (Å²) < 4.78 is 38.8. The number of methoxy groups -OCH3 is 1. The van der Waals surface area contributed by atoms with Gasteiger partial charge in [-0.05, 0) is 39.9 Å². The summed E-state index contributed by atoms with van der Waals surface area (Å²) in [5.41, 5.74) is 5.27. The van der Waals surface area contributed by atoms with Crippen LogP contribution in [0.15, 0.2) is 66.7 Å². The number of nitrogens with one attached hydrogen (secondary N) is 2. The minimum absolute atomic E-state index is 0.0467. The Labute approximate surface area is 325 Å². The molecule has 0 saturated carbocycles. The van der Waals surface area contributed by atoms with Crippen molar-refractivity contribution in [2.75, 3.05) is 32.2 Å². The number of alkyl halides is 1. The molecular weight excluding hydrogens is 784 g/mol. The first-order chi connectivity index (χ1) is 26.4. The predicted octanol–water partition coefficient (Wildman–Crippen LogP) is 4.77. The van der Waals surface area contributed by atoms with E-state index in [1.807, 2.05) is 48.5 Å². The number of anilines is 1. The summed E-state index contributed by atoms with van der Waals surface area (Å²) in [6, 6.07) is 20.8. The second-order valence-corrected chi connectivity index (χ2v) is 13.3. The molecule has 5 rings (SSSR count). The summed E-state index contributed by atoms with van der Waals surface area (Å²) in [7, 11) is 1.10. The molecule has 0 spiro atoms. The average Bonchev–Trinajstić information content (AvgIpc) is 3.47. The number of hydrogen-bond donors (Lipinski definition) is 2. The van der Waals surface area contributed by atoms with Gasteiger partial charge in [0.25, 0.3) is 0 Å². The van der Waals surface area contributed by atoms with E-state index in [0.717, 1.165) is 55.7 Å². The average molecular weight is 826 g/mol. The van der Waals surface area contributed by atoms with Crippen molar-refractivity contribution in [1.82, 2.24) is 5.32 Å². The lowest BCUT2D eigenvalue weighted by Crippen LogP contribution is -2.62. The largest absolute Gasteiger partial charge is 0.467 e. The van der Waals surface area contributed by atoms with Crippen LogP contribution in [0.2, 0.25) is 0 Å². The summed E-state index contributed by atoms with van der Waals surface area (Å²) in [5.74, 6) is -4.92. The van der Waals surface area contributed by atoms with Crippen LogP contribution in [0.5, 0.6) is 5.75 Å². The van der Waals surface area contributed by atoms with E-state index in [2.05, 4.69) is 26.6 Å². The van der Waals surface area contributed by atoms with Gasteiger partial charge in [-0.25, -0.2) is 9.59 Å². The van der Waals surface area contributed by atoms with Crippen molar-refractivity contribution < 1.29 is 61.9 Å². The molecule has 2 N–H and O–H groups in total. The van der Waals surface area contributed by atoms with Crippen LogP contribution in [-0.4, -0.2) is 87.3 Å². The third kappa shape index (κ3) is 10.2. The molecule has 292 valence electrons. The number of ether oxygens (including phenoxy) is 7. The van der Waals surface area contributed by atoms with Crippen LogP contribution in [0.1, 0.15) is 49.8 Å². The molecule has 3 aromatic rings. The second-order valence-electron chi connectivity index (χ2n) is 12.7. The van der Waals surface area contributed by atoms with Crippen LogP contribution in [0, 0.1) is 5.92 Å². The van der Waals surface area contributed by atoms with Crippen molar-refractivity contribution in [2.45, 2.75) is 63.0 Å². The van der Waals surface area contributed by atoms with E-state index in [1.54, 1.807) is 12.1 Å². The molecule has 16 heteroatoms. The van der Waals surface area contributed by atoms with E-state index in [4.69, 9.17) is 33.2 Å². The van der Waals surface area contributed by atoms with E-state index < -0.39 is 73.0 Å². The highest BCUT2D eigenvalue weighted by Gasteiger charge is 2.54. The van der Waals surface area contributed by atoms with Gasteiger partial charge in [0.1, 0.15) is 25.1 Å². The highest BCUT2D eigenvalue weighted by atomic mass is 79.9. The molecule has 15 nitrogen and oxygen atoms in total. The lowest BCUT2D eigenvalue weighted by atomic mass is 9.88. The smallest absolute Gasteiger partial charge is 0.407 e. The van der Waals surface area contributed by atoms with Crippen LogP contribution in [0.3, 0.4) is 0 Å². The fraction of sp³-hybridized carbons (Fsp3) is 0.385. The van der Waals surface area contributed by atoms with Crippen molar-refractivity contribution in [2.24, 2.45) is 5.92 Å². The molecule has 0 bridgehead atoms. The molecule has 55 heavy (non-hydrogen) atoms. The third-order valence-corrected chi connectivity index (χ3v) is 9.54. The molecule has 1 heterocycles.